The second-order valence-corrected chi connectivity index (χ2v) is 12.3. The Bertz CT molecular complexity index is 1160. The van der Waals surface area contributed by atoms with Crippen molar-refractivity contribution in [2.75, 3.05) is 23.5 Å². The maximum atomic E-state index is 12.0. The molecule has 1 saturated heterocycles. The van der Waals surface area contributed by atoms with Crippen molar-refractivity contribution in [2.45, 2.75) is 37.0 Å². The maximum Gasteiger partial charge on any atom is 0.152 e. The van der Waals surface area contributed by atoms with Crippen LogP contribution in [-0.4, -0.2) is 43.0 Å². The van der Waals surface area contributed by atoms with E-state index in [9.17, 15) is 8.42 Å². The number of thiophene rings is 1. The lowest BCUT2D eigenvalue weighted by Crippen LogP contribution is -2.33. The third-order valence-corrected chi connectivity index (χ3v) is 9.44. The highest BCUT2D eigenvalue weighted by Crippen LogP contribution is 2.37. The lowest BCUT2D eigenvalue weighted by Gasteiger charge is -2.25. The summed E-state index contributed by atoms with van der Waals surface area (Å²) in [6.45, 7) is 4.18. The first-order valence-corrected chi connectivity index (χ1v) is 13.3. The second kappa shape index (κ2) is 8.06. The molecule has 0 radical (unpaired) electrons. The molecule has 1 aliphatic heterocycles. The Morgan fingerprint density at radius 1 is 1.24 bits per heavy atom. The number of aromatic nitrogens is 2. The standard InChI is InChI=1S/C20H22ClN3O2S3/c1-12-13(2)28-20-18(12)19(24(3)15-8-9-29(25,26)11-15)22-17(23-20)10-27-16-6-4-14(21)5-7-16/h4-7,15H,8-11H2,1-3H3/t15-/m1/s1. The van der Waals surface area contributed by atoms with Crippen molar-refractivity contribution in [3.05, 3.63) is 45.6 Å². The Balaban J connectivity index is 1.68. The van der Waals surface area contributed by atoms with Crippen LogP contribution in [0.3, 0.4) is 0 Å². The van der Waals surface area contributed by atoms with Crippen molar-refractivity contribution >= 4 is 60.6 Å². The van der Waals surface area contributed by atoms with E-state index in [4.69, 9.17) is 21.6 Å². The van der Waals surface area contributed by atoms with Crippen LogP contribution in [0.2, 0.25) is 5.02 Å². The number of hydrogen-bond donors (Lipinski definition) is 0. The summed E-state index contributed by atoms with van der Waals surface area (Å²) in [6.07, 6.45) is 0.640. The topological polar surface area (TPSA) is 63.2 Å². The van der Waals surface area contributed by atoms with Gasteiger partial charge in [0.15, 0.2) is 9.84 Å². The minimum absolute atomic E-state index is 0.0468. The van der Waals surface area contributed by atoms with Gasteiger partial charge in [0, 0.05) is 27.9 Å². The SMILES string of the molecule is Cc1sc2nc(CSc3ccc(Cl)cc3)nc(N(C)[C@@H]3CCS(=O)(=O)C3)c2c1C. The van der Waals surface area contributed by atoms with Gasteiger partial charge in [-0.05, 0) is 50.1 Å². The minimum atomic E-state index is -2.96. The zero-order chi connectivity index (χ0) is 20.8. The molecular formula is C20H22ClN3O2S3. The molecule has 3 aromatic rings. The summed E-state index contributed by atoms with van der Waals surface area (Å²) < 4.78 is 24.0. The first kappa shape index (κ1) is 20.9. The molecule has 9 heteroatoms. The molecule has 4 rings (SSSR count). The molecule has 3 heterocycles. The fourth-order valence-electron chi connectivity index (χ4n) is 3.52. The van der Waals surface area contributed by atoms with Gasteiger partial charge in [-0.3, -0.25) is 0 Å². The lowest BCUT2D eigenvalue weighted by atomic mass is 10.1. The van der Waals surface area contributed by atoms with Crippen LogP contribution in [0.4, 0.5) is 5.82 Å². The van der Waals surface area contributed by atoms with Crippen LogP contribution < -0.4 is 4.90 Å². The van der Waals surface area contributed by atoms with Crippen molar-refractivity contribution in [1.82, 2.24) is 9.97 Å². The molecule has 1 aromatic carbocycles. The maximum absolute atomic E-state index is 12.0. The van der Waals surface area contributed by atoms with Crippen LogP contribution in [0.5, 0.6) is 0 Å². The monoisotopic (exact) mass is 467 g/mol. The number of nitrogens with zero attached hydrogens (tertiary/aromatic N) is 3. The molecule has 0 spiro atoms. The molecule has 0 aliphatic carbocycles. The Morgan fingerprint density at radius 2 is 1.97 bits per heavy atom. The van der Waals surface area contributed by atoms with Crippen molar-refractivity contribution in [3.8, 4) is 0 Å². The normalized spacial score (nSPS) is 18.4. The Labute approximate surface area is 184 Å². The van der Waals surface area contributed by atoms with Gasteiger partial charge < -0.3 is 4.90 Å². The number of rotatable bonds is 5. The predicted octanol–water partition coefficient (Wildman–Crippen LogP) is 4.88. The Morgan fingerprint density at radius 3 is 2.62 bits per heavy atom. The van der Waals surface area contributed by atoms with Gasteiger partial charge in [0.25, 0.3) is 0 Å². The van der Waals surface area contributed by atoms with Crippen LogP contribution in [0.1, 0.15) is 22.7 Å². The molecule has 0 amide bonds. The summed E-state index contributed by atoms with van der Waals surface area (Å²) in [5.41, 5.74) is 1.17. The van der Waals surface area contributed by atoms with E-state index in [2.05, 4.69) is 13.8 Å². The van der Waals surface area contributed by atoms with E-state index in [0.717, 1.165) is 26.8 Å². The number of halogens is 1. The highest BCUT2D eigenvalue weighted by Gasteiger charge is 2.32. The van der Waals surface area contributed by atoms with Gasteiger partial charge in [-0.15, -0.1) is 23.1 Å². The molecule has 1 aliphatic rings. The van der Waals surface area contributed by atoms with Gasteiger partial charge in [0.05, 0.1) is 22.6 Å². The van der Waals surface area contributed by atoms with E-state index < -0.39 is 9.84 Å². The first-order chi connectivity index (χ1) is 13.7. The fourth-order valence-corrected chi connectivity index (χ4v) is 7.22. The lowest BCUT2D eigenvalue weighted by molar-refractivity contribution is 0.600. The third kappa shape index (κ3) is 4.40. The van der Waals surface area contributed by atoms with Crippen LogP contribution in [0, 0.1) is 13.8 Å². The predicted molar refractivity (Wildman–Crippen MR) is 123 cm³/mol. The van der Waals surface area contributed by atoms with E-state index in [1.807, 2.05) is 36.2 Å². The minimum Gasteiger partial charge on any atom is -0.355 e. The molecule has 1 fully saturated rings. The summed E-state index contributed by atoms with van der Waals surface area (Å²) in [7, 11) is -1.01. The number of sulfone groups is 1. The van der Waals surface area contributed by atoms with Gasteiger partial charge in [0.2, 0.25) is 0 Å². The Kier molecular flexibility index (Phi) is 5.81. The molecule has 1 atom stereocenters. The zero-order valence-corrected chi connectivity index (χ0v) is 19.7. The van der Waals surface area contributed by atoms with Crippen molar-refractivity contribution in [3.63, 3.8) is 0 Å². The first-order valence-electron chi connectivity index (χ1n) is 9.32. The molecule has 29 heavy (non-hydrogen) atoms. The third-order valence-electron chi connectivity index (χ3n) is 5.33. The van der Waals surface area contributed by atoms with E-state index in [0.29, 0.717) is 17.2 Å². The molecule has 5 nitrogen and oxygen atoms in total. The van der Waals surface area contributed by atoms with Crippen LogP contribution in [-0.2, 0) is 15.6 Å². The van der Waals surface area contributed by atoms with E-state index in [1.54, 1.807) is 23.1 Å². The molecule has 0 saturated carbocycles. The quantitative estimate of drug-likeness (QED) is 0.498. The fraction of sp³-hybridized carbons (Fsp3) is 0.400. The zero-order valence-electron chi connectivity index (χ0n) is 16.5. The second-order valence-electron chi connectivity index (χ2n) is 7.34. The molecule has 0 unspecified atom stereocenters. The molecule has 0 N–H and O–H groups in total. The number of aryl methyl sites for hydroxylation is 2. The summed E-state index contributed by atoms with van der Waals surface area (Å²) in [6, 6.07) is 7.68. The summed E-state index contributed by atoms with van der Waals surface area (Å²) in [5, 5.41) is 1.76. The van der Waals surface area contributed by atoms with Gasteiger partial charge in [0.1, 0.15) is 16.5 Å². The van der Waals surface area contributed by atoms with E-state index in [-0.39, 0.29) is 17.5 Å². The highest BCUT2D eigenvalue weighted by atomic mass is 35.5. The van der Waals surface area contributed by atoms with Crippen LogP contribution in [0.15, 0.2) is 29.2 Å². The number of fused-ring (bicyclic) bond motifs is 1. The average molecular weight is 468 g/mol. The number of anilines is 1. The Hall–Kier alpha value is -1.35. The largest absolute Gasteiger partial charge is 0.355 e. The van der Waals surface area contributed by atoms with Crippen molar-refractivity contribution in [2.24, 2.45) is 0 Å². The van der Waals surface area contributed by atoms with Gasteiger partial charge in [-0.2, -0.15) is 0 Å². The van der Waals surface area contributed by atoms with Gasteiger partial charge in [-0.1, -0.05) is 11.6 Å². The van der Waals surface area contributed by atoms with Crippen molar-refractivity contribution < 1.29 is 8.42 Å². The number of benzene rings is 1. The van der Waals surface area contributed by atoms with Gasteiger partial charge in [-0.25, -0.2) is 18.4 Å². The average Bonchev–Trinajstić information content (AvgIpc) is 3.19. The molecular weight excluding hydrogens is 446 g/mol. The van der Waals surface area contributed by atoms with Crippen LogP contribution in [0.25, 0.3) is 10.2 Å². The highest BCUT2D eigenvalue weighted by molar-refractivity contribution is 7.98. The van der Waals surface area contributed by atoms with E-state index >= 15 is 0 Å². The smallest absolute Gasteiger partial charge is 0.152 e. The number of thioether (sulfide) groups is 1. The van der Waals surface area contributed by atoms with Crippen molar-refractivity contribution in [1.29, 1.82) is 0 Å². The molecule has 0 bridgehead atoms. The summed E-state index contributed by atoms with van der Waals surface area (Å²) in [5.74, 6) is 2.66. The molecule has 2 aromatic heterocycles. The summed E-state index contributed by atoms with van der Waals surface area (Å²) >= 11 is 9.30. The number of hydrogen-bond acceptors (Lipinski definition) is 7. The van der Waals surface area contributed by atoms with Crippen LogP contribution >= 0.6 is 34.7 Å². The molecule has 154 valence electrons. The van der Waals surface area contributed by atoms with Gasteiger partial charge >= 0.3 is 0 Å². The van der Waals surface area contributed by atoms with E-state index in [1.165, 1.54) is 10.4 Å². The summed E-state index contributed by atoms with van der Waals surface area (Å²) in [4.78, 5) is 15.0.